The van der Waals surface area contributed by atoms with E-state index >= 15 is 0 Å². The summed E-state index contributed by atoms with van der Waals surface area (Å²) in [5.41, 5.74) is -0.209. The smallest absolute Gasteiger partial charge is 0.292 e. The Morgan fingerprint density at radius 3 is 2.67 bits per heavy atom. The minimum Gasteiger partial charge on any atom is -0.292 e. The maximum absolute atomic E-state index is 11.5. The van der Waals surface area contributed by atoms with Gasteiger partial charge in [-0.05, 0) is 0 Å². The first-order chi connectivity index (χ1) is 8.67. The van der Waals surface area contributed by atoms with Gasteiger partial charge in [-0.2, -0.15) is 5.26 Å². The summed E-state index contributed by atoms with van der Waals surface area (Å²) >= 11 is 0. The second-order valence-corrected chi connectivity index (χ2v) is 3.15. The van der Waals surface area contributed by atoms with E-state index in [1.165, 1.54) is 18.5 Å². The third-order valence-electron chi connectivity index (χ3n) is 1.85. The Kier molecular flexibility index (Phi) is 3.02. The first-order valence-electron chi connectivity index (χ1n) is 4.75. The standard InChI is InChI=1S/C9H7N7O2/c10-2-5-3-12-7(4-11-5)14-9(18)13-6-1-8(17)16-15-6/h1,3-4H,(H4,12,13,14,15,16,17,18). The van der Waals surface area contributed by atoms with Gasteiger partial charge in [0.05, 0.1) is 12.4 Å². The molecule has 0 saturated carbocycles. The lowest BCUT2D eigenvalue weighted by molar-refractivity contribution is 0.262. The Labute approximate surface area is 99.9 Å². The van der Waals surface area contributed by atoms with E-state index in [2.05, 4.69) is 30.8 Å². The molecule has 0 fully saturated rings. The van der Waals surface area contributed by atoms with Gasteiger partial charge < -0.3 is 0 Å². The summed E-state index contributed by atoms with van der Waals surface area (Å²) in [5, 5.41) is 18.0. The Bertz CT molecular complexity index is 649. The molecule has 4 N–H and O–H groups in total. The monoisotopic (exact) mass is 245 g/mol. The lowest BCUT2D eigenvalue weighted by Crippen LogP contribution is -2.20. The van der Waals surface area contributed by atoms with Crippen LogP contribution < -0.4 is 16.2 Å². The average Bonchev–Trinajstić information content (AvgIpc) is 2.75. The number of H-pyrrole nitrogens is 2. The van der Waals surface area contributed by atoms with Gasteiger partial charge in [0, 0.05) is 6.07 Å². The van der Waals surface area contributed by atoms with Crippen LogP contribution in [-0.2, 0) is 0 Å². The van der Waals surface area contributed by atoms with Crippen molar-refractivity contribution in [2.45, 2.75) is 0 Å². The first kappa shape index (κ1) is 11.3. The summed E-state index contributed by atoms with van der Waals surface area (Å²) in [5.74, 6) is 0.406. The largest absolute Gasteiger partial charge is 0.326 e. The molecule has 9 nitrogen and oxygen atoms in total. The van der Waals surface area contributed by atoms with Gasteiger partial charge in [-0.1, -0.05) is 0 Å². The van der Waals surface area contributed by atoms with Gasteiger partial charge >= 0.3 is 6.03 Å². The molecule has 2 heterocycles. The van der Waals surface area contributed by atoms with Crippen LogP contribution in [0.4, 0.5) is 16.4 Å². The molecule has 0 aliphatic heterocycles. The lowest BCUT2D eigenvalue weighted by Gasteiger charge is -2.03. The Balaban J connectivity index is 1.98. The van der Waals surface area contributed by atoms with Crippen molar-refractivity contribution < 1.29 is 4.79 Å². The highest BCUT2D eigenvalue weighted by atomic mass is 16.2. The number of aromatic amines is 2. The highest BCUT2D eigenvalue weighted by Crippen LogP contribution is 2.02. The number of amides is 2. The molecule has 2 aromatic heterocycles. The highest BCUT2D eigenvalue weighted by molar-refractivity contribution is 5.98. The van der Waals surface area contributed by atoms with Gasteiger partial charge in [-0.25, -0.2) is 14.8 Å². The molecule has 18 heavy (non-hydrogen) atoms. The zero-order chi connectivity index (χ0) is 13.0. The minimum absolute atomic E-state index is 0.149. The lowest BCUT2D eigenvalue weighted by atomic mass is 10.5. The second-order valence-electron chi connectivity index (χ2n) is 3.15. The van der Waals surface area contributed by atoms with E-state index in [4.69, 9.17) is 5.26 Å². The molecule has 0 atom stereocenters. The van der Waals surface area contributed by atoms with Crippen LogP contribution in [0.5, 0.6) is 0 Å². The van der Waals surface area contributed by atoms with Crippen LogP contribution in [0.2, 0.25) is 0 Å². The van der Waals surface area contributed by atoms with Crippen molar-refractivity contribution >= 4 is 17.7 Å². The van der Waals surface area contributed by atoms with Crippen molar-refractivity contribution in [3.8, 4) is 6.07 Å². The number of rotatable bonds is 2. The molecule has 0 aliphatic rings. The van der Waals surface area contributed by atoms with Gasteiger partial charge in [0.25, 0.3) is 5.56 Å². The number of urea groups is 1. The second kappa shape index (κ2) is 4.79. The molecule has 9 heteroatoms. The molecule has 2 aromatic rings. The van der Waals surface area contributed by atoms with Crippen molar-refractivity contribution in [1.29, 1.82) is 5.26 Å². The fourth-order valence-corrected chi connectivity index (χ4v) is 1.12. The fraction of sp³-hybridized carbons (Fsp3) is 0. The predicted octanol–water partition coefficient (Wildman–Crippen LogP) is 0.00868. The average molecular weight is 245 g/mol. The summed E-state index contributed by atoms with van der Waals surface area (Å²) in [7, 11) is 0. The number of anilines is 2. The van der Waals surface area contributed by atoms with Crippen LogP contribution >= 0.6 is 0 Å². The molecule has 2 amide bonds. The zero-order valence-electron chi connectivity index (χ0n) is 8.89. The number of carbonyl (C=O) groups excluding carboxylic acids is 1. The van der Waals surface area contributed by atoms with Gasteiger partial charge in [-0.15, -0.1) is 0 Å². The number of nitrogens with one attached hydrogen (secondary N) is 4. The predicted molar refractivity (Wildman–Crippen MR) is 60.8 cm³/mol. The van der Waals surface area contributed by atoms with Crippen LogP contribution in [0.1, 0.15) is 5.69 Å². The van der Waals surface area contributed by atoms with Crippen molar-refractivity contribution in [2.75, 3.05) is 10.6 Å². The van der Waals surface area contributed by atoms with Crippen LogP contribution in [0.3, 0.4) is 0 Å². The number of nitrogens with zero attached hydrogens (tertiary/aromatic N) is 3. The van der Waals surface area contributed by atoms with Crippen LogP contribution in [0, 0.1) is 11.3 Å². The van der Waals surface area contributed by atoms with Crippen molar-refractivity contribution in [1.82, 2.24) is 20.2 Å². The number of nitriles is 1. The SMILES string of the molecule is N#Cc1cnc(NC(=O)Nc2cc(=O)[nH][nH]2)cn1. The first-order valence-corrected chi connectivity index (χ1v) is 4.75. The molecule has 0 radical (unpaired) electrons. The Morgan fingerprint density at radius 1 is 1.28 bits per heavy atom. The molecule has 0 aromatic carbocycles. The number of hydrogen-bond donors (Lipinski definition) is 4. The van der Waals surface area contributed by atoms with E-state index in [1.807, 2.05) is 0 Å². The molecule has 0 unspecified atom stereocenters. The zero-order valence-corrected chi connectivity index (χ0v) is 8.89. The molecular formula is C9H7N7O2. The topological polar surface area (TPSA) is 139 Å². The van der Waals surface area contributed by atoms with Crippen molar-refractivity contribution in [3.05, 3.63) is 34.5 Å². The molecule has 0 spiro atoms. The highest BCUT2D eigenvalue weighted by Gasteiger charge is 2.05. The van der Waals surface area contributed by atoms with Gasteiger partial charge in [0.15, 0.2) is 11.5 Å². The number of aromatic nitrogens is 4. The molecule has 2 rings (SSSR count). The Morgan fingerprint density at radius 2 is 2.11 bits per heavy atom. The van der Waals surface area contributed by atoms with Gasteiger partial charge in [-0.3, -0.25) is 25.6 Å². The van der Waals surface area contributed by atoms with E-state index in [-0.39, 0.29) is 22.9 Å². The third-order valence-corrected chi connectivity index (χ3v) is 1.85. The van der Waals surface area contributed by atoms with Crippen LogP contribution in [0.15, 0.2) is 23.3 Å². The molecule has 0 saturated heterocycles. The summed E-state index contributed by atoms with van der Waals surface area (Å²) in [6.07, 6.45) is 2.48. The van der Waals surface area contributed by atoms with E-state index in [0.717, 1.165) is 0 Å². The van der Waals surface area contributed by atoms with Crippen molar-refractivity contribution in [2.24, 2.45) is 0 Å². The van der Waals surface area contributed by atoms with E-state index < -0.39 is 6.03 Å². The number of carbonyl (C=O) groups is 1. The van der Waals surface area contributed by atoms with Crippen LogP contribution in [-0.4, -0.2) is 26.2 Å². The number of hydrogen-bond acceptors (Lipinski definition) is 5. The van der Waals surface area contributed by atoms with E-state index in [1.54, 1.807) is 6.07 Å². The summed E-state index contributed by atoms with van der Waals surface area (Å²) in [6, 6.07) is 2.40. The van der Waals surface area contributed by atoms with Gasteiger partial charge in [0.1, 0.15) is 11.9 Å². The maximum Gasteiger partial charge on any atom is 0.326 e. The third kappa shape index (κ3) is 2.70. The minimum atomic E-state index is -0.593. The maximum atomic E-state index is 11.5. The normalized spacial score (nSPS) is 9.50. The molecule has 90 valence electrons. The molecule has 0 bridgehead atoms. The van der Waals surface area contributed by atoms with Crippen LogP contribution in [0.25, 0.3) is 0 Å². The molecule has 0 aliphatic carbocycles. The summed E-state index contributed by atoms with van der Waals surface area (Å²) in [6.45, 7) is 0. The quantitative estimate of drug-likeness (QED) is 0.590. The van der Waals surface area contributed by atoms with Crippen molar-refractivity contribution in [3.63, 3.8) is 0 Å². The van der Waals surface area contributed by atoms with Gasteiger partial charge in [0.2, 0.25) is 0 Å². The summed E-state index contributed by atoms with van der Waals surface area (Å²) in [4.78, 5) is 29.8. The Hall–Kier alpha value is -3.15. The molecular weight excluding hydrogens is 238 g/mol. The van der Waals surface area contributed by atoms with E-state index in [0.29, 0.717) is 0 Å². The fourth-order valence-electron chi connectivity index (χ4n) is 1.12. The van der Waals surface area contributed by atoms with E-state index in [9.17, 15) is 9.59 Å². The summed E-state index contributed by atoms with van der Waals surface area (Å²) < 4.78 is 0.